The van der Waals surface area contributed by atoms with Crippen molar-refractivity contribution in [3.63, 3.8) is 0 Å². The lowest BCUT2D eigenvalue weighted by atomic mass is 9.82. The fourth-order valence-electron chi connectivity index (χ4n) is 2.88. The van der Waals surface area contributed by atoms with Gasteiger partial charge in [0.05, 0.1) is 0 Å². The summed E-state index contributed by atoms with van der Waals surface area (Å²) < 4.78 is 39.4. The molecule has 2 rings (SSSR count). The lowest BCUT2D eigenvalue weighted by molar-refractivity contribution is 0.0297. The number of hydrogen-bond donors (Lipinski definition) is 0. The van der Waals surface area contributed by atoms with Gasteiger partial charge >= 0.3 is 0 Å². The van der Waals surface area contributed by atoms with Crippen LogP contribution >= 0.6 is 0 Å². The Hall–Kier alpha value is -0.650. The van der Waals surface area contributed by atoms with Gasteiger partial charge in [-0.3, -0.25) is 0 Å². The van der Waals surface area contributed by atoms with E-state index in [1.165, 1.54) is 12.8 Å². The summed E-state index contributed by atoms with van der Waals surface area (Å²) in [6, 6.07) is 0. The Balaban J connectivity index is 1.86. The summed E-state index contributed by atoms with van der Waals surface area (Å²) in [5.74, 6) is 7.00. The van der Waals surface area contributed by atoms with Crippen LogP contribution < -0.4 is 0 Å². The van der Waals surface area contributed by atoms with Crippen molar-refractivity contribution in [3.05, 3.63) is 0 Å². The van der Waals surface area contributed by atoms with Crippen LogP contribution in [0.5, 0.6) is 0 Å². The van der Waals surface area contributed by atoms with Crippen molar-refractivity contribution in [2.45, 2.75) is 64.0 Å². The predicted octanol–water partition coefficient (Wildman–Crippen LogP) is 4.24. The van der Waals surface area contributed by atoms with Gasteiger partial charge < -0.3 is 0 Å². The first-order chi connectivity index (χ1) is 8.56. The summed E-state index contributed by atoms with van der Waals surface area (Å²) in [5.41, 5.74) is 0. The molecule has 2 saturated carbocycles. The molecule has 0 heterocycles. The molecule has 0 aromatic rings. The van der Waals surface area contributed by atoms with Gasteiger partial charge in [-0.05, 0) is 44.4 Å². The third-order valence-corrected chi connectivity index (χ3v) is 4.22. The van der Waals surface area contributed by atoms with E-state index < -0.39 is 18.5 Å². The van der Waals surface area contributed by atoms with Crippen LogP contribution in [-0.2, 0) is 0 Å². The Morgan fingerprint density at radius 3 is 1.83 bits per heavy atom. The maximum Gasteiger partial charge on any atom is 0.162 e. The minimum atomic E-state index is -1.95. The molecule has 0 spiro atoms. The van der Waals surface area contributed by atoms with Crippen LogP contribution in [0.25, 0.3) is 0 Å². The van der Waals surface area contributed by atoms with E-state index in [9.17, 15) is 13.2 Å². The molecule has 2 aliphatic carbocycles. The number of alkyl halides is 3. The minimum Gasteiger partial charge on any atom is -0.244 e. The number of hydrogen-bond acceptors (Lipinski definition) is 0. The quantitative estimate of drug-likeness (QED) is 0.570. The molecule has 2 aliphatic rings. The fourth-order valence-corrected chi connectivity index (χ4v) is 2.88. The Kier molecular flexibility index (Phi) is 4.59. The highest BCUT2D eigenvalue weighted by molar-refractivity contribution is 5.10. The Morgan fingerprint density at radius 2 is 1.28 bits per heavy atom. The molecule has 102 valence electrons. The largest absolute Gasteiger partial charge is 0.244 e. The van der Waals surface area contributed by atoms with Crippen LogP contribution in [0.1, 0.15) is 45.4 Å². The molecule has 2 unspecified atom stereocenters. The fraction of sp³-hybridized carbons (Fsp3) is 0.867. The van der Waals surface area contributed by atoms with Crippen molar-refractivity contribution in [1.29, 1.82) is 0 Å². The van der Waals surface area contributed by atoms with E-state index in [0.29, 0.717) is 5.92 Å². The second-order valence-corrected chi connectivity index (χ2v) is 5.89. The zero-order valence-corrected chi connectivity index (χ0v) is 10.8. The zero-order valence-electron chi connectivity index (χ0n) is 10.8. The van der Waals surface area contributed by atoms with Crippen LogP contribution in [0.2, 0.25) is 0 Å². The van der Waals surface area contributed by atoms with Crippen molar-refractivity contribution in [1.82, 2.24) is 0 Å². The van der Waals surface area contributed by atoms with Crippen molar-refractivity contribution in [2.24, 2.45) is 17.8 Å². The van der Waals surface area contributed by atoms with Crippen molar-refractivity contribution >= 4 is 0 Å². The molecule has 0 saturated heterocycles. The molecule has 2 atom stereocenters. The van der Waals surface area contributed by atoms with Gasteiger partial charge in [0.25, 0.3) is 0 Å². The van der Waals surface area contributed by atoms with E-state index in [-0.39, 0.29) is 18.8 Å². The summed E-state index contributed by atoms with van der Waals surface area (Å²) in [5, 5.41) is 0. The molecule has 0 N–H and O–H groups in total. The molecule has 0 aromatic carbocycles. The van der Waals surface area contributed by atoms with Crippen LogP contribution in [0.15, 0.2) is 0 Å². The topological polar surface area (TPSA) is 0 Å². The molecule has 18 heavy (non-hydrogen) atoms. The third-order valence-electron chi connectivity index (χ3n) is 4.22. The van der Waals surface area contributed by atoms with E-state index in [4.69, 9.17) is 0 Å². The first-order valence-corrected chi connectivity index (χ1v) is 6.99. The minimum absolute atomic E-state index is 0.0533. The van der Waals surface area contributed by atoms with Crippen LogP contribution in [0.4, 0.5) is 13.2 Å². The molecular weight excluding hydrogens is 237 g/mol. The van der Waals surface area contributed by atoms with E-state index in [1.54, 1.807) is 0 Å². The molecule has 3 heteroatoms. The molecule has 0 bridgehead atoms. The van der Waals surface area contributed by atoms with Gasteiger partial charge in [0.15, 0.2) is 6.17 Å². The second-order valence-electron chi connectivity index (χ2n) is 5.89. The molecule has 0 nitrogen and oxygen atoms in total. The van der Waals surface area contributed by atoms with E-state index in [0.717, 1.165) is 18.8 Å². The summed E-state index contributed by atoms with van der Waals surface area (Å²) in [7, 11) is 0. The Morgan fingerprint density at radius 1 is 0.778 bits per heavy atom. The van der Waals surface area contributed by atoms with Crippen molar-refractivity contribution in [2.75, 3.05) is 0 Å². The summed E-state index contributed by atoms with van der Waals surface area (Å²) in [6.45, 7) is 2.24. The monoisotopic (exact) mass is 258 g/mol. The maximum absolute atomic E-state index is 13.2. The molecular formula is C15H21F3. The van der Waals surface area contributed by atoms with Gasteiger partial charge in [0, 0.05) is 11.8 Å². The molecule has 0 aliphatic heterocycles. The Bertz CT molecular complexity index is 310. The predicted molar refractivity (Wildman–Crippen MR) is 66.3 cm³/mol. The number of rotatable bonds is 0. The van der Waals surface area contributed by atoms with E-state index in [2.05, 4.69) is 18.8 Å². The smallest absolute Gasteiger partial charge is 0.162 e. The summed E-state index contributed by atoms with van der Waals surface area (Å²) in [6.07, 6.45) is -0.648. The summed E-state index contributed by atoms with van der Waals surface area (Å²) in [4.78, 5) is 0. The molecule has 0 aromatic heterocycles. The first kappa shape index (κ1) is 13.8. The molecule has 0 radical (unpaired) electrons. The van der Waals surface area contributed by atoms with Crippen molar-refractivity contribution in [3.8, 4) is 11.8 Å². The average Bonchev–Trinajstić information content (AvgIpc) is 2.35. The summed E-state index contributed by atoms with van der Waals surface area (Å²) >= 11 is 0. The van der Waals surface area contributed by atoms with Gasteiger partial charge in [-0.2, -0.15) is 0 Å². The molecule has 0 amide bonds. The first-order valence-electron chi connectivity index (χ1n) is 6.99. The average molecular weight is 258 g/mol. The third kappa shape index (κ3) is 3.43. The standard InChI is InChI=1S/C15H21F3/c1-10-2-4-11(5-3-10)6-7-12-8-13(16)15(18)14(17)9-12/h10-15H,2-5,8-9H2,1H3. The highest BCUT2D eigenvalue weighted by Gasteiger charge is 2.38. The SMILES string of the molecule is CC1CCC(C#CC2CC(F)C(F)C(F)C2)CC1. The van der Waals surface area contributed by atoms with Gasteiger partial charge in [0.1, 0.15) is 12.3 Å². The van der Waals surface area contributed by atoms with Crippen LogP contribution in [0, 0.1) is 29.6 Å². The van der Waals surface area contributed by atoms with Gasteiger partial charge in [-0.1, -0.05) is 18.8 Å². The lowest BCUT2D eigenvalue weighted by Gasteiger charge is -2.27. The highest BCUT2D eigenvalue weighted by atomic mass is 19.2. The maximum atomic E-state index is 13.2. The van der Waals surface area contributed by atoms with Gasteiger partial charge in [0.2, 0.25) is 0 Å². The number of halogens is 3. The normalized spacial score (nSPS) is 45.1. The lowest BCUT2D eigenvalue weighted by Crippen LogP contribution is -2.36. The highest BCUT2D eigenvalue weighted by Crippen LogP contribution is 2.32. The molecule has 2 fully saturated rings. The zero-order chi connectivity index (χ0) is 13.1. The van der Waals surface area contributed by atoms with Gasteiger partial charge in [-0.15, -0.1) is 0 Å². The van der Waals surface area contributed by atoms with E-state index in [1.807, 2.05) is 0 Å². The van der Waals surface area contributed by atoms with Gasteiger partial charge in [-0.25, -0.2) is 13.2 Å². The Labute approximate surface area is 107 Å². The van der Waals surface area contributed by atoms with Crippen molar-refractivity contribution < 1.29 is 13.2 Å². The van der Waals surface area contributed by atoms with E-state index >= 15 is 0 Å². The second kappa shape index (κ2) is 5.99. The van der Waals surface area contributed by atoms with Crippen LogP contribution in [0.3, 0.4) is 0 Å². The van der Waals surface area contributed by atoms with Crippen LogP contribution in [-0.4, -0.2) is 18.5 Å².